The van der Waals surface area contributed by atoms with Gasteiger partial charge in [0.05, 0.1) is 12.1 Å². The molecule has 2 fully saturated rings. The summed E-state index contributed by atoms with van der Waals surface area (Å²) in [5, 5.41) is 18.8. The van der Waals surface area contributed by atoms with Crippen molar-refractivity contribution in [2.45, 2.75) is 31.4 Å². The predicted molar refractivity (Wildman–Crippen MR) is 102 cm³/mol. The number of benzene rings is 1. The van der Waals surface area contributed by atoms with Crippen molar-refractivity contribution in [2.75, 3.05) is 19.6 Å². The number of fused-ring (bicyclic) bond motifs is 1. The Kier molecular flexibility index (Phi) is 5.09. The first kappa shape index (κ1) is 18.6. The molecule has 2 aromatic rings. The summed E-state index contributed by atoms with van der Waals surface area (Å²) in [4.78, 5) is 28.8. The number of carbonyl (C=O) groups is 2. The second-order valence-corrected chi connectivity index (χ2v) is 7.55. The van der Waals surface area contributed by atoms with Gasteiger partial charge < -0.3 is 14.9 Å². The predicted octanol–water partition coefficient (Wildman–Crippen LogP) is 1.31. The molecule has 0 spiro atoms. The third-order valence-electron chi connectivity index (χ3n) is 5.97. The second kappa shape index (κ2) is 7.67. The van der Waals surface area contributed by atoms with Crippen molar-refractivity contribution in [1.82, 2.24) is 20.0 Å². The monoisotopic (exact) mass is 380 g/mol. The van der Waals surface area contributed by atoms with Gasteiger partial charge >= 0.3 is 0 Å². The molecule has 2 aliphatic rings. The Morgan fingerprint density at radius 2 is 1.89 bits per heavy atom. The van der Waals surface area contributed by atoms with Crippen LogP contribution < -0.4 is 0 Å². The maximum Gasteiger partial charge on any atom is 0.274 e. The Labute approximate surface area is 164 Å². The Bertz CT molecular complexity index is 845. The molecule has 2 saturated heterocycles. The summed E-state index contributed by atoms with van der Waals surface area (Å²) in [5.74, 6) is -0.372. The Hall–Kier alpha value is -2.80. The standard InChI is InChI=1S/C21H24N4O3/c1-14(26)24-11-9-19(27)20-16(15-6-3-2-4-7-15)12-25(18(20)13-24)21(28)17-8-5-10-22-23-17/h2-8,10,16,18-20,27H,9,11-13H2,1H3/t16-,18+,19+,20-/m0/s1. The van der Waals surface area contributed by atoms with Crippen LogP contribution in [0.5, 0.6) is 0 Å². The molecular weight excluding hydrogens is 356 g/mol. The number of hydrogen-bond acceptors (Lipinski definition) is 5. The molecule has 4 rings (SSSR count). The van der Waals surface area contributed by atoms with E-state index in [9.17, 15) is 14.7 Å². The summed E-state index contributed by atoms with van der Waals surface area (Å²) in [7, 11) is 0. The van der Waals surface area contributed by atoms with Gasteiger partial charge in [-0.2, -0.15) is 5.10 Å². The minimum atomic E-state index is -0.584. The molecule has 0 unspecified atom stereocenters. The fraction of sp³-hybridized carbons (Fsp3) is 0.429. The van der Waals surface area contributed by atoms with Crippen molar-refractivity contribution >= 4 is 11.8 Å². The van der Waals surface area contributed by atoms with E-state index in [2.05, 4.69) is 10.2 Å². The molecule has 1 aromatic carbocycles. The summed E-state index contributed by atoms with van der Waals surface area (Å²) in [6.07, 6.45) is 1.46. The van der Waals surface area contributed by atoms with E-state index in [1.807, 2.05) is 30.3 Å². The molecule has 0 radical (unpaired) electrons. The molecule has 4 atom stereocenters. The van der Waals surface area contributed by atoms with E-state index in [0.717, 1.165) is 5.56 Å². The molecule has 0 aliphatic carbocycles. The normalized spacial score (nSPS) is 27.2. The minimum absolute atomic E-state index is 0.00808. The van der Waals surface area contributed by atoms with Crippen LogP contribution in [0.1, 0.15) is 35.3 Å². The van der Waals surface area contributed by atoms with Crippen LogP contribution in [-0.4, -0.2) is 68.7 Å². The average molecular weight is 380 g/mol. The Morgan fingerprint density at radius 3 is 2.57 bits per heavy atom. The number of carbonyl (C=O) groups excluding carboxylic acids is 2. The molecule has 146 valence electrons. The topological polar surface area (TPSA) is 86.6 Å². The van der Waals surface area contributed by atoms with E-state index in [-0.39, 0.29) is 35.4 Å². The summed E-state index contributed by atoms with van der Waals surface area (Å²) in [6, 6.07) is 13.1. The van der Waals surface area contributed by atoms with Crippen molar-refractivity contribution in [3.05, 3.63) is 59.9 Å². The number of hydrogen-bond donors (Lipinski definition) is 1. The molecule has 1 N–H and O–H groups in total. The van der Waals surface area contributed by atoms with Crippen molar-refractivity contribution in [1.29, 1.82) is 0 Å². The average Bonchev–Trinajstić information content (AvgIpc) is 3.01. The quantitative estimate of drug-likeness (QED) is 0.849. The van der Waals surface area contributed by atoms with E-state index < -0.39 is 6.10 Å². The maximum atomic E-state index is 13.2. The maximum absolute atomic E-state index is 13.2. The van der Waals surface area contributed by atoms with Gasteiger partial charge in [0, 0.05) is 44.6 Å². The van der Waals surface area contributed by atoms with E-state index in [1.54, 1.807) is 21.9 Å². The summed E-state index contributed by atoms with van der Waals surface area (Å²) < 4.78 is 0. The SMILES string of the molecule is CC(=O)N1CC[C@@H](O)[C@@H]2[C@@H](C1)N(C(=O)c1cccnn1)C[C@H]2c1ccccc1. The Morgan fingerprint density at radius 1 is 1.11 bits per heavy atom. The van der Waals surface area contributed by atoms with E-state index in [4.69, 9.17) is 0 Å². The number of aliphatic hydroxyl groups excluding tert-OH is 1. The van der Waals surface area contributed by atoms with Crippen LogP contribution in [0.4, 0.5) is 0 Å². The van der Waals surface area contributed by atoms with Crippen molar-refractivity contribution in [2.24, 2.45) is 5.92 Å². The van der Waals surface area contributed by atoms with Gasteiger partial charge in [0.25, 0.3) is 5.91 Å². The van der Waals surface area contributed by atoms with Gasteiger partial charge in [-0.05, 0) is 24.1 Å². The number of aliphatic hydroxyl groups is 1. The highest BCUT2D eigenvalue weighted by Crippen LogP contribution is 2.42. The zero-order chi connectivity index (χ0) is 19.7. The first-order chi connectivity index (χ1) is 13.6. The van der Waals surface area contributed by atoms with E-state index in [1.165, 1.54) is 13.1 Å². The number of amides is 2. The third kappa shape index (κ3) is 3.38. The first-order valence-corrected chi connectivity index (χ1v) is 9.63. The highest BCUT2D eigenvalue weighted by atomic mass is 16.3. The van der Waals surface area contributed by atoms with Gasteiger partial charge in [0.15, 0.2) is 5.69 Å². The van der Waals surface area contributed by atoms with Gasteiger partial charge in [-0.1, -0.05) is 30.3 Å². The highest BCUT2D eigenvalue weighted by Gasteiger charge is 2.50. The molecular formula is C21H24N4O3. The summed E-state index contributed by atoms with van der Waals surface area (Å²) in [5.41, 5.74) is 1.38. The lowest BCUT2D eigenvalue weighted by Crippen LogP contribution is -2.46. The number of likely N-dealkylation sites (tertiary alicyclic amines) is 2. The number of nitrogens with zero attached hydrogens (tertiary/aromatic N) is 4. The van der Waals surface area contributed by atoms with E-state index in [0.29, 0.717) is 26.1 Å². The first-order valence-electron chi connectivity index (χ1n) is 9.63. The van der Waals surface area contributed by atoms with Crippen LogP contribution in [-0.2, 0) is 4.79 Å². The van der Waals surface area contributed by atoms with Gasteiger partial charge in [0.2, 0.25) is 5.91 Å². The molecule has 0 saturated carbocycles. The summed E-state index contributed by atoms with van der Waals surface area (Å²) >= 11 is 0. The third-order valence-corrected chi connectivity index (χ3v) is 5.97. The van der Waals surface area contributed by atoms with Crippen LogP contribution in [0.25, 0.3) is 0 Å². The van der Waals surface area contributed by atoms with Crippen LogP contribution in [0.3, 0.4) is 0 Å². The highest BCUT2D eigenvalue weighted by molar-refractivity contribution is 5.92. The summed E-state index contributed by atoms with van der Waals surface area (Å²) in [6.45, 7) is 2.94. The molecule has 28 heavy (non-hydrogen) atoms. The van der Waals surface area contributed by atoms with E-state index >= 15 is 0 Å². The van der Waals surface area contributed by atoms with Crippen LogP contribution in [0, 0.1) is 5.92 Å². The van der Waals surface area contributed by atoms with Gasteiger partial charge in [-0.25, -0.2) is 0 Å². The molecule has 2 amide bonds. The van der Waals surface area contributed by atoms with Crippen molar-refractivity contribution < 1.29 is 14.7 Å². The van der Waals surface area contributed by atoms with Crippen molar-refractivity contribution in [3.8, 4) is 0 Å². The lowest BCUT2D eigenvalue weighted by molar-refractivity contribution is -0.129. The zero-order valence-electron chi connectivity index (χ0n) is 15.8. The molecule has 1 aromatic heterocycles. The largest absolute Gasteiger partial charge is 0.393 e. The van der Waals surface area contributed by atoms with Crippen LogP contribution in [0.2, 0.25) is 0 Å². The smallest absolute Gasteiger partial charge is 0.274 e. The molecule has 2 aliphatic heterocycles. The second-order valence-electron chi connectivity index (χ2n) is 7.55. The molecule has 7 heteroatoms. The Balaban J connectivity index is 1.73. The fourth-order valence-corrected chi connectivity index (χ4v) is 4.60. The van der Waals surface area contributed by atoms with Crippen LogP contribution >= 0.6 is 0 Å². The zero-order valence-corrected chi connectivity index (χ0v) is 15.8. The molecule has 0 bridgehead atoms. The van der Waals surface area contributed by atoms with Crippen molar-refractivity contribution in [3.63, 3.8) is 0 Å². The molecule has 7 nitrogen and oxygen atoms in total. The van der Waals surface area contributed by atoms with Gasteiger partial charge in [-0.3, -0.25) is 9.59 Å². The fourth-order valence-electron chi connectivity index (χ4n) is 4.60. The lowest BCUT2D eigenvalue weighted by atomic mass is 9.81. The van der Waals surface area contributed by atoms with Gasteiger partial charge in [0.1, 0.15) is 0 Å². The lowest BCUT2D eigenvalue weighted by Gasteiger charge is -2.31. The van der Waals surface area contributed by atoms with Crippen LogP contribution in [0.15, 0.2) is 48.7 Å². The van der Waals surface area contributed by atoms with Gasteiger partial charge in [-0.15, -0.1) is 5.10 Å². The minimum Gasteiger partial charge on any atom is -0.393 e. The number of rotatable bonds is 2. The number of aromatic nitrogens is 2. The molecule has 3 heterocycles.